The smallest absolute Gasteiger partial charge is 0.0553 e. The largest absolute Gasteiger partial charge is 0.0842 e. The van der Waals surface area contributed by atoms with Crippen LogP contribution in [0, 0.1) is 35.5 Å². The van der Waals surface area contributed by atoms with E-state index in [1.807, 2.05) is 0 Å². The van der Waals surface area contributed by atoms with Crippen LogP contribution in [0.3, 0.4) is 0 Å². The van der Waals surface area contributed by atoms with E-state index in [-0.39, 0.29) is 0 Å². The molecule has 2 saturated carbocycles. The van der Waals surface area contributed by atoms with Crippen LogP contribution < -0.4 is 0 Å². The molecule has 182 valence electrons. The molecule has 35 heavy (non-hydrogen) atoms. The Labute approximate surface area is 214 Å². The van der Waals surface area contributed by atoms with Gasteiger partial charge in [-0.3, -0.25) is 0 Å². The van der Waals surface area contributed by atoms with E-state index in [1.54, 1.807) is 16.7 Å². The molecular formula is C34H42Si. The maximum absolute atomic E-state index is 2.78. The van der Waals surface area contributed by atoms with Gasteiger partial charge in [-0.2, -0.15) is 0 Å². The van der Waals surface area contributed by atoms with Gasteiger partial charge in [-0.1, -0.05) is 112 Å². The molecule has 1 heteroatoms. The molecule has 0 amide bonds. The third-order valence-corrected chi connectivity index (χ3v) is 15.8. The summed E-state index contributed by atoms with van der Waals surface area (Å²) < 4.78 is 0. The Morgan fingerprint density at radius 1 is 0.714 bits per heavy atom. The topological polar surface area (TPSA) is 0 Å². The molecule has 0 nitrogen and oxygen atoms in total. The molecule has 0 heterocycles. The third kappa shape index (κ3) is 3.86. The van der Waals surface area contributed by atoms with Crippen molar-refractivity contribution in [2.24, 2.45) is 35.5 Å². The standard InChI is InChI=1S/C34H42Si/c1-23-21-31-27(25-13-7-5-8-14-25)17-11-19-29(31)33(23)35(3,4)34-24(2)22-32-28(18-12-20-30(32)34)26-15-9-6-10-16-26/h5-9,11-15,17-20,23-24,29-34H,10,16,21-22H2,1-4H3/t23-,24?,29?,30?,31?,32?,33?,34?/m1/s1. The molecule has 0 aliphatic heterocycles. The van der Waals surface area contributed by atoms with E-state index in [1.165, 1.54) is 31.2 Å². The van der Waals surface area contributed by atoms with Crippen molar-refractivity contribution in [3.63, 3.8) is 0 Å². The van der Waals surface area contributed by atoms with Gasteiger partial charge in [0, 0.05) is 0 Å². The Bertz CT molecular complexity index is 1140. The van der Waals surface area contributed by atoms with Crippen molar-refractivity contribution in [1.82, 2.24) is 0 Å². The van der Waals surface area contributed by atoms with Gasteiger partial charge in [0.05, 0.1) is 8.07 Å². The average molecular weight is 479 g/mol. The lowest BCUT2D eigenvalue weighted by atomic mass is 9.79. The van der Waals surface area contributed by atoms with Gasteiger partial charge in [0.25, 0.3) is 0 Å². The number of hydrogen-bond acceptors (Lipinski definition) is 0. The molecule has 1 aromatic carbocycles. The number of fused-ring (bicyclic) bond motifs is 2. The highest BCUT2D eigenvalue weighted by atomic mass is 28.3. The Hall–Kier alpha value is -2.12. The molecule has 7 unspecified atom stereocenters. The van der Waals surface area contributed by atoms with Crippen molar-refractivity contribution in [2.45, 2.75) is 63.7 Å². The zero-order valence-corrected chi connectivity index (χ0v) is 23.0. The van der Waals surface area contributed by atoms with Crippen LogP contribution in [0.2, 0.25) is 24.2 Å². The summed E-state index contributed by atoms with van der Waals surface area (Å²) in [6, 6.07) is 11.2. The van der Waals surface area contributed by atoms with Crippen LogP contribution in [0.4, 0.5) is 0 Å². The molecule has 0 aromatic heterocycles. The van der Waals surface area contributed by atoms with Crippen LogP contribution in [0.1, 0.15) is 45.1 Å². The first-order valence-corrected chi connectivity index (χ1v) is 17.3. The Balaban J connectivity index is 1.30. The predicted molar refractivity (Wildman–Crippen MR) is 154 cm³/mol. The molecule has 6 rings (SSSR count). The minimum absolute atomic E-state index is 0.693. The summed E-state index contributed by atoms with van der Waals surface area (Å²) in [6.07, 6.45) is 27.1. The van der Waals surface area contributed by atoms with Crippen LogP contribution in [0.25, 0.3) is 5.57 Å². The summed E-state index contributed by atoms with van der Waals surface area (Å²) in [5.74, 6) is 4.51. The monoisotopic (exact) mass is 478 g/mol. The van der Waals surface area contributed by atoms with Crippen LogP contribution >= 0.6 is 0 Å². The summed E-state index contributed by atoms with van der Waals surface area (Å²) in [7, 11) is -1.58. The zero-order chi connectivity index (χ0) is 24.2. The van der Waals surface area contributed by atoms with Gasteiger partial charge in [-0.25, -0.2) is 0 Å². The van der Waals surface area contributed by atoms with E-state index >= 15 is 0 Å². The van der Waals surface area contributed by atoms with Crippen molar-refractivity contribution >= 4 is 13.6 Å². The van der Waals surface area contributed by atoms with Gasteiger partial charge in [-0.15, -0.1) is 0 Å². The van der Waals surface area contributed by atoms with E-state index in [2.05, 4.69) is 112 Å². The fourth-order valence-corrected chi connectivity index (χ4v) is 15.8. The highest BCUT2D eigenvalue weighted by molar-refractivity contribution is 6.80. The van der Waals surface area contributed by atoms with Crippen LogP contribution in [-0.2, 0) is 0 Å². The molecule has 2 fully saturated rings. The quantitative estimate of drug-likeness (QED) is 0.378. The normalized spacial score (nSPS) is 38.0. The minimum Gasteiger partial charge on any atom is -0.0842 e. The molecule has 0 N–H and O–H groups in total. The molecule has 0 spiro atoms. The number of benzene rings is 1. The molecule has 8 atom stereocenters. The van der Waals surface area contributed by atoms with Crippen molar-refractivity contribution in [2.75, 3.05) is 0 Å². The highest BCUT2D eigenvalue weighted by Crippen LogP contribution is 2.64. The number of rotatable bonds is 4. The van der Waals surface area contributed by atoms with Crippen molar-refractivity contribution in [3.8, 4) is 0 Å². The SMILES string of the molecule is CC1CC2C(C3=CC=CCC3)=CC=CC2C1[Si](C)(C)C1C2C=CC=C(c3ccccc3)C2C[C@H]1C. The van der Waals surface area contributed by atoms with Crippen molar-refractivity contribution < 1.29 is 0 Å². The van der Waals surface area contributed by atoms with E-state index in [0.717, 1.165) is 34.8 Å². The Morgan fingerprint density at radius 2 is 1.31 bits per heavy atom. The first-order valence-electron chi connectivity index (χ1n) is 14.1. The summed E-state index contributed by atoms with van der Waals surface area (Å²) in [5, 5.41) is 0. The van der Waals surface area contributed by atoms with E-state index in [0.29, 0.717) is 11.8 Å². The van der Waals surface area contributed by atoms with Crippen LogP contribution in [0.15, 0.2) is 96.2 Å². The molecule has 0 bridgehead atoms. The third-order valence-electron chi connectivity index (χ3n) is 10.5. The first-order chi connectivity index (χ1) is 17.0. The van der Waals surface area contributed by atoms with Gasteiger partial charge >= 0.3 is 0 Å². The fourth-order valence-electron chi connectivity index (χ4n) is 9.48. The maximum Gasteiger partial charge on any atom is 0.0553 e. The first kappa shape index (κ1) is 23.3. The van der Waals surface area contributed by atoms with Crippen molar-refractivity contribution in [1.29, 1.82) is 0 Å². The number of hydrogen-bond donors (Lipinski definition) is 0. The summed E-state index contributed by atoms with van der Waals surface area (Å²) in [5.41, 5.74) is 8.05. The van der Waals surface area contributed by atoms with E-state index in [4.69, 9.17) is 0 Å². The lowest BCUT2D eigenvalue weighted by Crippen LogP contribution is -2.45. The van der Waals surface area contributed by atoms with Gasteiger partial charge in [0.15, 0.2) is 0 Å². The Morgan fingerprint density at radius 3 is 1.91 bits per heavy atom. The zero-order valence-electron chi connectivity index (χ0n) is 22.0. The summed E-state index contributed by atoms with van der Waals surface area (Å²) in [6.45, 7) is 10.7. The maximum atomic E-state index is 2.78. The van der Waals surface area contributed by atoms with E-state index < -0.39 is 8.07 Å². The lowest BCUT2D eigenvalue weighted by Gasteiger charge is -2.46. The van der Waals surface area contributed by atoms with E-state index in [9.17, 15) is 0 Å². The predicted octanol–water partition coefficient (Wildman–Crippen LogP) is 9.41. The average Bonchev–Trinajstić information content (AvgIpc) is 3.41. The Kier molecular flexibility index (Phi) is 6.04. The van der Waals surface area contributed by atoms with Gasteiger partial charge in [0.2, 0.25) is 0 Å². The van der Waals surface area contributed by atoms with Crippen molar-refractivity contribution in [3.05, 3.63) is 102 Å². The molecular weight excluding hydrogens is 436 g/mol. The second-order valence-electron chi connectivity index (χ2n) is 12.7. The highest BCUT2D eigenvalue weighted by Gasteiger charge is 2.57. The van der Waals surface area contributed by atoms with Gasteiger partial charge in [-0.05, 0) is 94.6 Å². The van der Waals surface area contributed by atoms with Crippen LogP contribution in [-0.4, -0.2) is 8.07 Å². The molecule has 0 saturated heterocycles. The summed E-state index contributed by atoms with van der Waals surface area (Å²) >= 11 is 0. The fraction of sp³-hybridized carbons (Fsp3) is 0.471. The van der Waals surface area contributed by atoms with Gasteiger partial charge < -0.3 is 0 Å². The molecule has 0 radical (unpaired) electrons. The summed E-state index contributed by atoms with van der Waals surface area (Å²) in [4.78, 5) is 0. The second-order valence-corrected chi connectivity index (χ2v) is 17.7. The number of allylic oxidation sites excluding steroid dienone is 12. The van der Waals surface area contributed by atoms with Crippen LogP contribution in [0.5, 0.6) is 0 Å². The second kappa shape index (κ2) is 9.07. The lowest BCUT2D eigenvalue weighted by molar-refractivity contribution is 0.487. The van der Waals surface area contributed by atoms with Gasteiger partial charge in [0.1, 0.15) is 0 Å². The minimum atomic E-state index is -1.58. The molecule has 1 aromatic rings. The molecule has 5 aliphatic carbocycles. The molecule has 5 aliphatic rings.